The first kappa shape index (κ1) is 17.9. The van der Waals surface area contributed by atoms with Crippen molar-refractivity contribution < 1.29 is 19.2 Å². The van der Waals surface area contributed by atoms with Crippen LogP contribution < -0.4 is 0 Å². The molecule has 0 saturated carbocycles. The number of aryl methyl sites for hydroxylation is 1. The Morgan fingerprint density at radius 1 is 1.08 bits per heavy atom. The van der Waals surface area contributed by atoms with E-state index in [1.54, 1.807) is 6.92 Å². The molecule has 0 aliphatic rings. The number of carbonyl (C=O) groups excluding carboxylic acids is 2. The number of nitro benzene ring substituents is 1. The van der Waals surface area contributed by atoms with Crippen molar-refractivity contribution in [3.05, 3.63) is 73.2 Å². The minimum atomic E-state index is -0.747. The zero-order chi connectivity index (χ0) is 17.9. The molecule has 0 unspecified atom stereocenters. The van der Waals surface area contributed by atoms with Crippen molar-refractivity contribution in [1.82, 2.24) is 0 Å². The van der Waals surface area contributed by atoms with Gasteiger partial charge in [-0.1, -0.05) is 35.3 Å². The fraction of sp³-hybridized carbons (Fsp3) is 0.125. The average molecular weight is 368 g/mol. The number of hydrogen-bond donors (Lipinski definition) is 0. The normalized spacial score (nSPS) is 10.3. The van der Waals surface area contributed by atoms with Crippen LogP contribution in [0.3, 0.4) is 0 Å². The second kappa shape index (κ2) is 7.42. The summed E-state index contributed by atoms with van der Waals surface area (Å²) in [7, 11) is 0. The summed E-state index contributed by atoms with van der Waals surface area (Å²) in [5.41, 5.74) is 0.502. The van der Waals surface area contributed by atoms with Crippen LogP contribution in [0.25, 0.3) is 0 Å². The molecule has 0 radical (unpaired) electrons. The topological polar surface area (TPSA) is 86.5 Å². The molecule has 2 aromatic rings. The van der Waals surface area contributed by atoms with Gasteiger partial charge in [0.25, 0.3) is 5.69 Å². The minimum absolute atomic E-state index is 0.0919. The molecule has 0 aromatic heterocycles. The predicted octanol–water partition coefficient (Wildman–Crippen LogP) is 4.25. The number of carbonyl (C=O) groups is 2. The predicted molar refractivity (Wildman–Crippen MR) is 88.9 cm³/mol. The van der Waals surface area contributed by atoms with Crippen LogP contribution in [-0.4, -0.2) is 23.3 Å². The molecular weight excluding hydrogens is 357 g/mol. The molecule has 0 aliphatic heterocycles. The lowest BCUT2D eigenvalue weighted by atomic mass is 10.1. The Hall–Kier alpha value is -2.44. The van der Waals surface area contributed by atoms with E-state index >= 15 is 0 Å². The summed E-state index contributed by atoms with van der Waals surface area (Å²) >= 11 is 11.6. The Labute approximate surface area is 147 Å². The van der Waals surface area contributed by atoms with Gasteiger partial charge in [0.2, 0.25) is 5.78 Å². The fourth-order valence-corrected chi connectivity index (χ4v) is 2.20. The van der Waals surface area contributed by atoms with Crippen molar-refractivity contribution in [2.24, 2.45) is 0 Å². The van der Waals surface area contributed by atoms with Gasteiger partial charge in [-0.2, -0.15) is 0 Å². The summed E-state index contributed by atoms with van der Waals surface area (Å²) in [6.07, 6.45) is 0. The number of ketones is 1. The molecule has 2 aromatic carbocycles. The molecule has 0 spiro atoms. The summed E-state index contributed by atoms with van der Waals surface area (Å²) in [5, 5.41) is 11.4. The van der Waals surface area contributed by atoms with Crippen molar-refractivity contribution in [1.29, 1.82) is 0 Å². The number of ether oxygens (including phenoxy) is 1. The van der Waals surface area contributed by atoms with Crippen LogP contribution in [0.4, 0.5) is 5.69 Å². The van der Waals surface area contributed by atoms with Crippen LogP contribution in [0.2, 0.25) is 10.0 Å². The van der Waals surface area contributed by atoms with Crippen LogP contribution in [0.5, 0.6) is 0 Å². The number of hydrogen-bond acceptors (Lipinski definition) is 5. The Morgan fingerprint density at radius 3 is 2.38 bits per heavy atom. The van der Waals surface area contributed by atoms with Gasteiger partial charge in [-0.05, 0) is 25.1 Å². The first-order valence-corrected chi connectivity index (χ1v) is 7.45. The molecule has 0 heterocycles. The summed E-state index contributed by atoms with van der Waals surface area (Å²) in [6.45, 7) is 1.02. The van der Waals surface area contributed by atoms with E-state index in [2.05, 4.69) is 0 Å². The number of rotatable bonds is 5. The van der Waals surface area contributed by atoms with E-state index < -0.39 is 23.3 Å². The Morgan fingerprint density at radius 2 is 1.75 bits per heavy atom. The van der Waals surface area contributed by atoms with Gasteiger partial charge in [-0.15, -0.1) is 0 Å². The Kier molecular flexibility index (Phi) is 5.54. The lowest BCUT2D eigenvalue weighted by Crippen LogP contribution is -2.14. The van der Waals surface area contributed by atoms with Gasteiger partial charge >= 0.3 is 5.97 Å². The summed E-state index contributed by atoms with van der Waals surface area (Å²) < 4.78 is 4.91. The molecule has 0 amide bonds. The van der Waals surface area contributed by atoms with E-state index in [1.807, 2.05) is 0 Å². The Bertz CT molecular complexity index is 835. The molecule has 0 atom stereocenters. The van der Waals surface area contributed by atoms with Gasteiger partial charge in [-0.3, -0.25) is 14.9 Å². The number of nitro groups is 1. The Balaban J connectivity index is 2.07. The van der Waals surface area contributed by atoms with E-state index in [0.29, 0.717) is 5.56 Å². The van der Waals surface area contributed by atoms with Crippen molar-refractivity contribution >= 4 is 40.6 Å². The maximum absolute atomic E-state index is 12.0. The van der Waals surface area contributed by atoms with Gasteiger partial charge in [0.15, 0.2) is 6.61 Å². The molecule has 8 heteroatoms. The largest absolute Gasteiger partial charge is 0.454 e. The standard InChI is InChI=1S/C16H11Cl2NO5/c1-9-2-3-10(7-14(9)19(22)23)15(20)8-24-16(21)11-4-5-12(17)13(18)6-11/h2-7H,8H2,1H3. The molecule has 6 nitrogen and oxygen atoms in total. The van der Waals surface area contributed by atoms with Crippen LogP contribution in [0.1, 0.15) is 26.3 Å². The maximum atomic E-state index is 12.0. The first-order chi connectivity index (χ1) is 11.3. The van der Waals surface area contributed by atoms with Crippen molar-refractivity contribution in [3.63, 3.8) is 0 Å². The third-order valence-electron chi connectivity index (χ3n) is 3.22. The molecular formula is C16H11Cl2NO5. The third kappa shape index (κ3) is 4.10. The molecule has 24 heavy (non-hydrogen) atoms. The number of esters is 1. The maximum Gasteiger partial charge on any atom is 0.338 e. The third-order valence-corrected chi connectivity index (χ3v) is 3.96. The summed E-state index contributed by atoms with van der Waals surface area (Å²) in [4.78, 5) is 34.2. The highest BCUT2D eigenvalue weighted by molar-refractivity contribution is 6.42. The van der Waals surface area contributed by atoms with Gasteiger partial charge in [0, 0.05) is 17.2 Å². The van der Waals surface area contributed by atoms with Crippen LogP contribution in [0.15, 0.2) is 36.4 Å². The monoisotopic (exact) mass is 367 g/mol. The van der Waals surface area contributed by atoms with E-state index in [1.165, 1.54) is 30.3 Å². The van der Waals surface area contributed by atoms with Crippen LogP contribution in [-0.2, 0) is 4.74 Å². The summed E-state index contributed by atoms with van der Waals surface area (Å²) in [5.74, 6) is -1.30. The van der Waals surface area contributed by atoms with Gasteiger partial charge in [0.05, 0.1) is 20.5 Å². The van der Waals surface area contributed by atoms with Crippen molar-refractivity contribution in [2.75, 3.05) is 6.61 Å². The lowest BCUT2D eigenvalue weighted by molar-refractivity contribution is -0.385. The smallest absolute Gasteiger partial charge is 0.338 e. The van der Waals surface area contributed by atoms with Gasteiger partial charge in [0.1, 0.15) is 0 Å². The highest BCUT2D eigenvalue weighted by Gasteiger charge is 2.17. The highest BCUT2D eigenvalue weighted by atomic mass is 35.5. The van der Waals surface area contributed by atoms with Crippen LogP contribution >= 0.6 is 23.2 Å². The number of nitrogens with zero attached hydrogens (tertiary/aromatic N) is 1. The average Bonchev–Trinajstić information content (AvgIpc) is 2.55. The molecule has 0 fully saturated rings. The zero-order valence-electron chi connectivity index (χ0n) is 12.4. The van der Waals surface area contributed by atoms with Gasteiger partial charge in [-0.25, -0.2) is 4.79 Å². The number of Topliss-reactive ketones (excluding diaryl/α,β-unsaturated/α-hetero) is 1. The number of halogens is 2. The van der Waals surface area contributed by atoms with Crippen molar-refractivity contribution in [2.45, 2.75) is 6.92 Å². The SMILES string of the molecule is Cc1ccc(C(=O)COC(=O)c2ccc(Cl)c(Cl)c2)cc1[N+](=O)[O-]. The fourth-order valence-electron chi connectivity index (χ4n) is 1.90. The van der Waals surface area contributed by atoms with E-state index in [0.717, 1.165) is 6.07 Å². The van der Waals surface area contributed by atoms with E-state index in [9.17, 15) is 19.7 Å². The molecule has 0 saturated heterocycles. The quantitative estimate of drug-likeness (QED) is 0.341. The molecule has 0 aliphatic carbocycles. The molecule has 124 valence electrons. The highest BCUT2D eigenvalue weighted by Crippen LogP contribution is 2.23. The first-order valence-electron chi connectivity index (χ1n) is 6.70. The summed E-state index contributed by atoms with van der Waals surface area (Å²) in [6, 6.07) is 8.24. The van der Waals surface area contributed by atoms with Crippen molar-refractivity contribution in [3.8, 4) is 0 Å². The van der Waals surface area contributed by atoms with Gasteiger partial charge < -0.3 is 4.74 Å². The molecule has 0 bridgehead atoms. The zero-order valence-corrected chi connectivity index (χ0v) is 13.9. The second-order valence-corrected chi connectivity index (χ2v) is 5.70. The van der Waals surface area contributed by atoms with Crippen LogP contribution in [0, 0.1) is 17.0 Å². The second-order valence-electron chi connectivity index (χ2n) is 4.89. The minimum Gasteiger partial charge on any atom is -0.454 e. The van der Waals surface area contributed by atoms with E-state index in [-0.39, 0.29) is 26.9 Å². The van der Waals surface area contributed by atoms with E-state index in [4.69, 9.17) is 27.9 Å². The molecule has 2 rings (SSSR count). The number of benzene rings is 2. The lowest BCUT2D eigenvalue weighted by Gasteiger charge is -2.06. The molecule has 0 N–H and O–H groups in total.